The van der Waals surface area contributed by atoms with Gasteiger partial charge in [0.2, 0.25) is 0 Å². The molecule has 396 valence electrons. The van der Waals surface area contributed by atoms with Gasteiger partial charge in [-0.2, -0.15) is 0 Å². The van der Waals surface area contributed by atoms with Crippen molar-refractivity contribution < 1.29 is 28.6 Å². The summed E-state index contributed by atoms with van der Waals surface area (Å²) in [4.78, 5) is 38.2. The van der Waals surface area contributed by atoms with Gasteiger partial charge in [-0.25, -0.2) is 0 Å². The third-order valence-electron chi connectivity index (χ3n) is 13.8. The van der Waals surface area contributed by atoms with Crippen LogP contribution in [0.1, 0.15) is 342 Å². The molecule has 0 saturated carbocycles. The van der Waals surface area contributed by atoms with Crippen LogP contribution in [0.25, 0.3) is 0 Å². The summed E-state index contributed by atoms with van der Waals surface area (Å²) in [5, 5.41) is 0. The van der Waals surface area contributed by atoms with Crippen LogP contribution in [0.2, 0.25) is 0 Å². The maximum absolute atomic E-state index is 12.9. The van der Waals surface area contributed by atoms with Gasteiger partial charge in [-0.1, -0.05) is 290 Å². The summed E-state index contributed by atoms with van der Waals surface area (Å²) in [6.45, 7) is 6.70. The fourth-order valence-corrected chi connectivity index (χ4v) is 9.21. The minimum atomic E-state index is -0.766. The maximum atomic E-state index is 12.9. The third-order valence-corrected chi connectivity index (χ3v) is 13.8. The van der Waals surface area contributed by atoms with Crippen molar-refractivity contribution in [3.8, 4) is 0 Å². The smallest absolute Gasteiger partial charge is 0.306 e. The Labute approximate surface area is 418 Å². The molecule has 0 N–H and O–H groups in total. The van der Waals surface area contributed by atoms with E-state index in [-0.39, 0.29) is 31.1 Å². The highest BCUT2D eigenvalue weighted by molar-refractivity contribution is 5.71. The van der Waals surface area contributed by atoms with Crippen LogP contribution in [0.5, 0.6) is 0 Å². The van der Waals surface area contributed by atoms with Crippen molar-refractivity contribution in [1.29, 1.82) is 0 Å². The van der Waals surface area contributed by atoms with E-state index in [1.165, 1.54) is 244 Å². The van der Waals surface area contributed by atoms with Crippen LogP contribution in [-0.4, -0.2) is 37.2 Å². The second-order valence-electron chi connectivity index (χ2n) is 20.6. The summed E-state index contributed by atoms with van der Waals surface area (Å²) in [7, 11) is 0. The molecular formula is C61H116O6. The number of ether oxygens (including phenoxy) is 3. The van der Waals surface area contributed by atoms with E-state index in [1.807, 2.05) is 0 Å². The molecule has 0 aromatic heterocycles. The molecule has 0 unspecified atom stereocenters. The Balaban J connectivity index is 4.29. The predicted octanol–water partition coefficient (Wildman–Crippen LogP) is 20.1. The van der Waals surface area contributed by atoms with Gasteiger partial charge in [0.05, 0.1) is 0 Å². The highest BCUT2D eigenvalue weighted by Crippen LogP contribution is 2.17. The first-order chi connectivity index (χ1) is 33.0. The number of hydrogen-bond donors (Lipinski definition) is 0. The molecule has 0 aliphatic heterocycles. The fourth-order valence-electron chi connectivity index (χ4n) is 9.21. The van der Waals surface area contributed by atoms with Gasteiger partial charge in [0.25, 0.3) is 0 Å². The van der Waals surface area contributed by atoms with E-state index in [0.717, 1.165) is 57.8 Å². The Hall–Kier alpha value is -1.85. The van der Waals surface area contributed by atoms with Crippen molar-refractivity contribution in [2.45, 2.75) is 348 Å². The van der Waals surface area contributed by atoms with E-state index in [9.17, 15) is 14.4 Å². The molecule has 0 saturated heterocycles. The number of rotatable bonds is 56. The Morgan fingerprint density at radius 1 is 0.284 bits per heavy atom. The molecule has 0 fully saturated rings. The molecule has 0 spiro atoms. The molecule has 0 radical (unpaired) electrons. The van der Waals surface area contributed by atoms with Crippen molar-refractivity contribution in [1.82, 2.24) is 0 Å². The van der Waals surface area contributed by atoms with Gasteiger partial charge >= 0.3 is 17.9 Å². The lowest BCUT2D eigenvalue weighted by Crippen LogP contribution is -2.30. The SMILES string of the molecule is CCCCCCCCCC/C=C\CCCCCCCCCC(=O)OC[C@@H](COC(=O)CCCCCCCCCCCCCCC)OC(=O)CCCCCCCCCCCCCCCCCCC. The lowest BCUT2D eigenvalue weighted by Gasteiger charge is -2.18. The zero-order chi connectivity index (χ0) is 48.6. The summed E-state index contributed by atoms with van der Waals surface area (Å²) in [5.41, 5.74) is 0. The largest absolute Gasteiger partial charge is 0.462 e. The minimum absolute atomic E-state index is 0.0651. The van der Waals surface area contributed by atoms with Crippen LogP contribution in [0.15, 0.2) is 12.2 Å². The summed E-state index contributed by atoms with van der Waals surface area (Å²) in [6, 6.07) is 0. The van der Waals surface area contributed by atoms with E-state index in [1.54, 1.807) is 0 Å². The predicted molar refractivity (Wildman–Crippen MR) is 289 cm³/mol. The van der Waals surface area contributed by atoms with Gasteiger partial charge in [0.1, 0.15) is 13.2 Å². The van der Waals surface area contributed by atoms with E-state index >= 15 is 0 Å². The monoisotopic (exact) mass is 945 g/mol. The molecule has 1 atom stereocenters. The maximum Gasteiger partial charge on any atom is 0.306 e. The molecule has 0 aliphatic rings. The Kier molecular flexibility index (Phi) is 55.2. The first-order valence-corrected chi connectivity index (χ1v) is 30.2. The Morgan fingerprint density at radius 3 is 0.746 bits per heavy atom. The average Bonchev–Trinajstić information content (AvgIpc) is 3.33. The normalized spacial score (nSPS) is 12.0. The Morgan fingerprint density at radius 2 is 0.493 bits per heavy atom. The number of hydrogen-bond acceptors (Lipinski definition) is 6. The molecule has 6 heteroatoms. The van der Waals surface area contributed by atoms with Crippen molar-refractivity contribution in [2.24, 2.45) is 0 Å². The van der Waals surface area contributed by atoms with Gasteiger partial charge in [-0.15, -0.1) is 0 Å². The second-order valence-corrected chi connectivity index (χ2v) is 20.6. The van der Waals surface area contributed by atoms with Gasteiger partial charge in [-0.05, 0) is 44.9 Å². The number of allylic oxidation sites excluding steroid dienone is 2. The summed E-state index contributed by atoms with van der Waals surface area (Å²) in [5.74, 6) is -0.843. The van der Waals surface area contributed by atoms with Crippen LogP contribution in [0, 0.1) is 0 Å². The lowest BCUT2D eigenvalue weighted by atomic mass is 10.0. The van der Waals surface area contributed by atoms with Crippen molar-refractivity contribution in [3.05, 3.63) is 12.2 Å². The first kappa shape index (κ1) is 65.1. The molecule has 0 rings (SSSR count). The number of unbranched alkanes of at least 4 members (excludes halogenated alkanes) is 43. The zero-order valence-electron chi connectivity index (χ0n) is 45.5. The molecule has 0 aromatic rings. The van der Waals surface area contributed by atoms with Crippen molar-refractivity contribution in [3.63, 3.8) is 0 Å². The second kappa shape index (κ2) is 56.7. The van der Waals surface area contributed by atoms with Crippen LogP contribution in [0.4, 0.5) is 0 Å². The molecule has 0 amide bonds. The quantitative estimate of drug-likeness (QED) is 0.0262. The molecular weight excluding hydrogens is 829 g/mol. The number of carbonyl (C=O) groups is 3. The van der Waals surface area contributed by atoms with Crippen LogP contribution >= 0.6 is 0 Å². The van der Waals surface area contributed by atoms with Gasteiger partial charge in [0.15, 0.2) is 6.10 Å². The fraction of sp³-hybridized carbons (Fsp3) is 0.918. The summed E-state index contributed by atoms with van der Waals surface area (Å²) in [6.07, 6.45) is 64.9. The van der Waals surface area contributed by atoms with Gasteiger partial charge in [-0.3, -0.25) is 14.4 Å². The minimum Gasteiger partial charge on any atom is -0.462 e. The van der Waals surface area contributed by atoms with Gasteiger partial charge < -0.3 is 14.2 Å². The first-order valence-electron chi connectivity index (χ1n) is 30.2. The summed E-state index contributed by atoms with van der Waals surface area (Å²) >= 11 is 0. The van der Waals surface area contributed by atoms with E-state index < -0.39 is 6.10 Å². The molecule has 6 nitrogen and oxygen atoms in total. The standard InChI is InChI=1S/C61H116O6/c1-4-7-10-13-16-19-22-25-27-29-30-32-33-36-39-42-45-48-51-54-60(63)66-57-58(56-65-59(62)53-50-47-44-41-38-35-24-21-18-15-12-9-6-3)67-61(64)55-52-49-46-43-40-37-34-31-28-26-23-20-17-14-11-8-5-2/h29-30,58H,4-28,31-57H2,1-3H3/b30-29-/t58-/m1/s1. The third kappa shape index (κ3) is 55.0. The molecule has 0 aromatic carbocycles. The molecule has 0 aliphatic carbocycles. The van der Waals surface area contributed by atoms with Crippen LogP contribution in [0.3, 0.4) is 0 Å². The topological polar surface area (TPSA) is 78.9 Å². The lowest BCUT2D eigenvalue weighted by molar-refractivity contribution is -0.167. The molecule has 0 heterocycles. The highest BCUT2D eigenvalue weighted by atomic mass is 16.6. The van der Waals surface area contributed by atoms with Crippen LogP contribution in [-0.2, 0) is 28.6 Å². The van der Waals surface area contributed by atoms with E-state index in [0.29, 0.717) is 19.3 Å². The molecule has 0 bridgehead atoms. The van der Waals surface area contributed by atoms with Crippen LogP contribution < -0.4 is 0 Å². The van der Waals surface area contributed by atoms with Gasteiger partial charge in [0, 0.05) is 19.3 Å². The van der Waals surface area contributed by atoms with E-state index in [2.05, 4.69) is 32.9 Å². The number of carbonyl (C=O) groups excluding carboxylic acids is 3. The zero-order valence-corrected chi connectivity index (χ0v) is 45.5. The van der Waals surface area contributed by atoms with Crippen molar-refractivity contribution >= 4 is 17.9 Å². The Bertz CT molecular complexity index is 1040. The van der Waals surface area contributed by atoms with E-state index in [4.69, 9.17) is 14.2 Å². The average molecular weight is 946 g/mol. The van der Waals surface area contributed by atoms with Crippen molar-refractivity contribution in [2.75, 3.05) is 13.2 Å². The highest BCUT2D eigenvalue weighted by Gasteiger charge is 2.19. The number of esters is 3. The summed E-state index contributed by atoms with van der Waals surface area (Å²) < 4.78 is 16.9. The molecule has 67 heavy (non-hydrogen) atoms.